The van der Waals surface area contributed by atoms with E-state index in [2.05, 4.69) is 10.6 Å². The number of benzene rings is 2. The van der Waals surface area contributed by atoms with Crippen molar-refractivity contribution in [3.05, 3.63) is 76.5 Å². The Bertz CT molecular complexity index is 870. The van der Waals surface area contributed by atoms with Crippen molar-refractivity contribution in [3.8, 4) is 6.07 Å². The van der Waals surface area contributed by atoms with Crippen molar-refractivity contribution in [1.82, 2.24) is 5.32 Å². The number of carboxylic acid groups (broad SMARTS) is 1. The van der Waals surface area contributed by atoms with Gasteiger partial charge in [-0.15, -0.1) is 0 Å². The summed E-state index contributed by atoms with van der Waals surface area (Å²) in [7, 11) is 0. The van der Waals surface area contributed by atoms with E-state index >= 15 is 0 Å². The lowest BCUT2D eigenvalue weighted by molar-refractivity contribution is -0.136. The highest BCUT2D eigenvalue weighted by atomic mass is 35.5. The summed E-state index contributed by atoms with van der Waals surface area (Å²) in [6.45, 7) is 0.210. The lowest BCUT2D eigenvalue weighted by Gasteiger charge is -2.07. The zero-order chi connectivity index (χ0) is 18.9. The maximum Gasteiger partial charge on any atom is 0.307 e. The first-order valence-corrected chi connectivity index (χ1v) is 8.06. The van der Waals surface area contributed by atoms with Gasteiger partial charge < -0.3 is 15.7 Å². The molecule has 0 aliphatic carbocycles. The minimum atomic E-state index is -0.910. The van der Waals surface area contributed by atoms with Gasteiger partial charge >= 0.3 is 5.97 Å². The van der Waals surface area contributed by atoms with Crippen LogP contribution < -0.4 is 10.6 Å². The summed E-state index contributed by atoms with van der Waals surface area (Å²) in [6.07, 6.45) is 1.23. The van der Waals surface area contributed by atoms with E-state index in [1.165, 1.54) is 6.20 Å². The van der Waals surface area contributed by atoms with E-state index in [4.69, 9.17) is 22.0 Å². The fraction of sp³-hybridized carbons (Fsp3) is 0.105. The minimum Gasteiger partial charge on any atom is -0.481 e. The monoisotopic (exact) mass is 369 g/mol. The van der Waals surface area contributed by atoms with Crippen LogP contribution in [0.4, 0.5) is 5.69 Å². The van der Waals surface area contributed by atoms with E-state index < -0.39 is 11.9 Å². The first-order valence-electron chi connectivity index (χ1n) is 7.68. The number of hydrogen-bond donors (Lipinski definition) is 3. The van der Waals surface area contributed by atoms with Crippen LogP contribution in [-0.4, -0.2) is 17.0 Å². The van der Waals surface area contributed by atoms with Crippen molar-refractivity contribution in [3.63, 3.8) is 0 Å². The molecule has 0 fully saturated rings. The van der Waals surface area contributed by atoms with E-state index in [1.54, 1.807) is 42.5 Å². The Morgan fingerprint density at radius 2 is 1.85 bits per heavy atom. The fourth-order valence-corrected chi connectivity index (χ4v) is 2.31. The molecule has 1 amide bonds. The summed E-state index contributed by atoms with van der Waals surface area (Å²) in [6, 6.07) is 15.6. The minimum absolute atomic E-state index is 0.0655. The van der Waals surface area contributed by atoms with Crippen molar-refractivity contribution < 1.29 is 14.7 Å². The maximum atomic E-state index is 12.1. The SMILES string of the molecule is N#C/C(=C/Nc1ccc(CC(=O)O)cc1)C(=O)NCc1ccccc1Cl. The van der Waals surface area contributed by atoms with E-state index in [9.17, 15) is 9.59 Å². The molecule has 2 aromatic carbocycles. The number of carbonyl (C=O) groups excluding carboxylic acids is 1. The van der Waals surface area contributed by atoms with Crippen molar-refractivity contribution in [1.29, 1.82) is 5.26 Å². The first-order chi connectivity index (χ1) is 12.5. The Morgan fingerprint density at radius 1 is 1.15 bits per heavy atom. The molecular formula is C19H16ClN3O3. The molecule has 0 atom stereocenters. The van der Waals surface area contributed by atoms with Crippen molar-refractivity contribution >= 4 is 29.2 Å². The van der Waals surface area contributed by atoms with Crippen molar-refractivity contribution in [2.24, 2.45) is 0 Å². The molecule has 6 nitrogen and oxygen atoms in total. The number of hydrogen-bond acceptors (Lipinski definition) is 4. The van der Waals surface area contributed by atoms with Crippen molar-refractivity contribution in [2.45, 2.75) is 13.0 Å². The van der Waals surface area contributed by atoms with E-state index in [-0.39, 0.29) is 18.5 Å². The van der Waals surface area contributed by atoms with Crippen LogP contribution in [-0.2, 0) is 22.6 Å². The second-order valence-corrected chi connectivity index (χ2v) is 5.76. The third-order valence-electron chi connectivity index (χ3n) is 3.45. The Kier molecular flexibility index (Phi) is 6.77. The standard InChI is InChI=1S/C19H16ClN3O3/c20-17-4-2-1-3-14(17)11-23-19(26)15(10-21)12-22-16-7-5-13(6-8-16)9-18(24)25/h1-8,12,22H,9,11H2,(H,23,26)(H,24,25)/b15-12-. The molecule has 0 aliphatic heterocycles. The summed E-state index contributed by atoms with van der Waals surface area (Å²) in [5.41, 5.74) is 1.95. The van der Waals surface area contributed by atoms with Crippen LogP contribution >= 0.6 is 11.6 Å². The van der Waals surface area contributed by atoms with Crippen LogP contribution in [0.5, 0.6) is 0 Å². The molecule has 0 aromatic heterocycles. The number of carboxylic acids is 1. The van der Waals surface area contributed by atoms with Gasteiger partial charge in [0, 0.05) is 23.5 Å². The van der Waals surface area contributed by atoms with Gasteiger partial charge in [-0.3, -0.25) is 9.59 Å². The van der Waals surface area contributed by atoms with E-state index in [0.717, 1.165) is 5.56 Å². The van der Waals surface area contributed by atoms with E-state index in [0.29, 0.717) is 16.3 Å². The molecule has 2 rings (SSSR count). The summed E-state index contributed by atoms with van der Waals surface area (Å²) in [5, 5.41) is 23.9. The topological polar surface area (TPSA) is 102 Å². The van der Waals surface area contributed by atoms with Crippen LogP contribution in [0, 0.1) is 11.3 Å². The van der Waals surface area contributed by atoms with Crippen LogP contribution in [0.15, 0.2) is 60.3 Å². The molecule has 0 aliphatic rings. The Hall–Kier alpha value is -3.30. The third-order valence-corrected chi connectivity index (χ3v) is 3.82. The van der Waals surface area contributed by atoms with Gasteiger partial charge in [-0.1, -0.05) is 41.9 Å². The number of anilines is 1. The molecule has 0 heterocycles. The van der Waals surface area contributed by atoms with E-state index in [1.807, 2.05) is 12.1 Å². The van der Waals surface area contributed by atoms with Gasteiger partial charge in [-0.05, 0) is 29.3 Å². The molecule has 26 heavy (non-hydrogen) atoms. The van der Waals surface area contributed by atoms with Gasteiger partial charge in [0.25, 0.3) is 5.91 Å². The lowest BCUT2D eigenvalue weighted by atomic mass is 10.1. The second kappa shape index (κ2) is 9.25. The molecule has 0 bridgehead atoms. The average molecular weight is 370 g/mol. The quantitative estimate of drug-likeness (QED) is 0.514. The molecule has 0 radical (unpaired) electrons. The number of nitriles is 1. The summed E-state index contributed by atoms with van der Waals surface area (Å²) >= 11 is 6.03. The zero-order valence-electron chi connectivity index (χ0n) is 13.7. The molecule has 0 unspecified atom stereocenters. The predicted molar refractivity (Wildman–Crippen MR) is 98.4 cm³/mol. The Morgan fingerprint density at radius 3 is 2.46 bits per heavy atom. The number of nitrogens with one attached hydrogen (secondary N) is 2. The van der Waals surface area contributed by atoms with Gasteiger partial charge in [0.15, 0.2) is 0 Å². The first kappa shape index (κ1) is 19.0. The average Bonchev–Trinajstić information content (AvgIpc) is 2.62. The van der Waals surface area contributed by atoms with Crippen LogP contribution in [0.3, 0.4) is 0 Å². The lowest BCUT2D eigenvalue weighted by Crippen LogP contribution is -2.24. The number of halogens is 1. The molecule has 0 saturated carbocycles. The second-order valence-electron chi connectivity index (χ2n) is 5.36. The predicted octanol–water partition coefficient (Wildman–Crippen LogP) is 3.10. The molecule has 2 aromatic rings. The fourth-order valence-electron chi connectivity index (χ4n) is 2.11. The molecule has 0 saturated heterocycles. The number of carbonyl (C=O) groups is 2. The van der Waals surface area contributed by atoms with Crippen molar-refractivity contribution in [2.75, 3.05) is 5.32 Å². The van der Waals surface area contributed by atoms with Gasteiger partial charge in [-0.2, -0.15) is 5.26 Å². The molecular weight excluding hydrogens is 354 g/mol. The molecule has 7 heteroatoms. The Balaban J connectivity index is 1.96. The van der Waals surface area contributed by atoms with Gasteiger partial charge in [0.1, 0.15) is 11.6 Å². The van der Waals surface area contributed by atoms with Gasteiger partial charge in [0.2, 0.25) is 0 Å². The highest BCUT2D eigenvalue weighted by Crippen LogP contribution is 2.14. The summed E-state index contributed by atoms with van der Waals surface area (Å²) in [4.78, 5) is 22.8. The highest BCUT2D eigenvalue weighted by molar-refractivity contribution is 6.31. The third kappa shape index (κ3) is 5.65. The molecule has 3 N–H and O–H groups in total. The smallest absolute Gasteiger partial charge is 0.307 e. The largest absolute Gasteiger partial charge is 0.481 e. The summed E-state index contributed by atoms with van der Waals surface area (Å²) < 4.78 is 0. The normalized spacial score (nSPS) is 10.7. The van der Waals surface area contributed by atoms with Crippen LogP contribution in [0.25, 0.3) is 0 Å². The van der Waals surface area contributed by atoms with Crippen LogP contribution in [0.2, 0.25) is 5.02 Å². The molecule has 132 valence electrons. The number of rotatable bonds is 7. The van der Waals surface area contributed by atoms with Gasteiger partial charge in [0.05, 0.1) is 6.42 Å². The highest BCUT2D eigenvalue weighted by Gasteiger charge is 2.09. The molecule has 0 spiro atoms. The van der Waals surface area contributed by atoms with Crippen LogP contribution in [0.1, 0.15) is 11.1 Å². The number of aliphatic carboxylic acids is 1. The maximum absolute atomic E-state index is 12.1. The number of amides is 1. The Labute approximate surface area is 155 Å². The zero-order valence-corrected chi connectivity index (χ0v) is 14.5. The van der Waals surface area contributed by atoms with Gasteiger partial charge in [-0.25, -0.2) is 0 Å². The number of nitrogens with zero attached hydrogens (tertiary/aromatic N) is 1. The summed E-state index contributed by atoms with van der Waals surface area (Å²) in [5.74, 6) is -1.44.